The summed E-state index contributed by atoms with van der Waals surface area (Å²) in [6.07, 6.45) is 4.87. The van der Waals surface area contributed by atoms with Crippen LogP contribution in [0.1, 0.15) is 53.8 Å². The Hall–Kier alpha value is -2.70. The van der Waals surface area contributed by atoms with Crippen molar-refractivity contribution in [3.63, 3.8) is 0 Å². The molecule has 30 heavy (non-hydrogen) atoms. The Morgan fingerprint density at radius 3 is 2.77 bits per heavy atom. The first-order valence-electron chi connectivity index (χ1n) is 10.9. The second-order valence-electron chi connectivity index (χ2n) is 8.56. The molecular weight excluding hydrogens is 378 g/mol. The number of amides is 1. The van der Waals surface area contributed by atoms with Crippen molar-refractivity contribution in [1.29, 1.82) is 0 Å². The molecule has 7 nitrogen and oxygen atoms in total. The van der Waals surface area contributed by atoms with Crippen LogP contribution in [0.2, 0.25) is 0 Å². The molecule has 0 aromatic carbocycles. The van der Waals surface area contributed by atoms with Crippen LogP contribution in [0.4, 0.5) is 5.82 Å². The fourth-order valence-electron chi connectivity index (χ4n) is 4.15. The van der Waals surface area contributed by atoms with Gasteiger partial charge in [0.1, 0.15) is 5.82 Å². The second-order valence-corrected chi connectivity index (χ2v) is 8.56. The summed E-state index contributed by atoms with van der Waals surface area (Å²) in [7, 11) is 0. The lowest BCUT2D eigenvalue weighted by atomic mass is 10.0. The van der Waals surface area contributed by atoms with Crippen LogP contribution in [-0.4, -0.2) is 51.5 Å². The van der Waals surface area contributed by atoms with E-state index in [-0.39, 0.29) is 11.9 Å². The second kappa shape index (κ2) is 8.58. The van der Waals surface area contributed by atoms with Crippen molar-refractivity contribution in [1.82, 2.24) is 19.9 Å². The summed E-state index contributed by atoms with van der Waals surface area (Å²) in [6, 6.07) is 3.87. The highest BCUT2D eigenvalue weighted by atomic mass is 16.5. The van der Waals surface area contributed by atoms with E-state index in [9.17, 15) is 4.79 Å². The van der Waals surface area contributed by atoms with Crippen molar-refractivity contribution in [2.45, 2.75) is 53.0 Å². The van der Waals surface area contributed by atoms with E-state index in [4.69, 9.17) is 4.74 Å². The zero-order valence-electron chi connectivity index (χ0n) is 18.3. The Kier molecular flexibility index (Phi) is 5.88. The molecule has 0 unspecified atom stereocenters. The monoisotopic (exact) mass is 409 g/mol. The normalized spacial score (nSPS) is 22.4. The van der Waals surface area contributed by atoms with Crippen molar-refractivity contribution < 1.29 is 9.53 Å². The molecule has 3 heterocycles. The summed E-state index contributed by atoms with van der Waals surface area (Å²) >= 11 is 0. The summed E-state index contributed by atoms with van der Waals surface area (Å²) in [6.45, 7) is 9.89. The summed E-state index contributed by atoms with van der Waals surface area (Å²) in [5.41, 5.74) is 3.10. The molecule has 1 aliphatic carbocycles. The molecule has 1 aliphatic heterocycles. The molecular formula is C23H31N5O2. The van der Waals surface area contributed by atoms with Crippen LogP contribution >= 0.6 is 0 Å². The van der Waals surface area contributed by atoms with Crippen LogP contribution in [0.15, 0.2) is 18.3 Å². The number of hydrogen-bond donors (Lipinski definition) is 1. The van der Waals surface area contributed by atoms with Gasteiger partial charge in [0.2, 0.25) is 0 Å². The van der Waals surface area contributed by atoms with Crippen molar-refractivity contribution in [2.75, 3.05) is 25.0 Å². The quantitative estimate of drug-likeness (QED) is 0.753. The Bertz CT molecular complexity index is 932. The third kappa shape index (κ3) is 4.40. The van der Waals surface area contributed by atoms with Crippen molar-refractivity contribution in [3.8, 4) is 5.75 Å². The summed E-state index contributed by atoms with van der Waals surface area (Å²) in [5.74, 6) is 2.65. The molecule has 160 valence electrons. The first kappa shape index (κ1) is 20.6. The van der Waals surface area contributed by atoms with Gasteiger partial charge in [0.25, 0.3) is 5.91 Å². The highest BCUT2D eigenvalue weighted by Gasteiger charge is 2.47. The average Bonchev–Trinajstić information content (AvgIpc) is 3.51. The van der Waals surface area contributed by atoms with Crippen molar-refractivity contribution in [2.24, 2.45) is 11.8 Å². The molecule has 2 fully saturated rings. The van der Waals surface area contributed by atoms with E-state index in [1.165, 1.54) is 6.42 Å². The fraction of sp³-hybridized carbons (Fsp3) is 0.565. The smallest absolute Gasteiger partial charge is 0.276 e. The topological polar surface area (TPSA) is 80.2 Å². The molecule has 3 atom stereocenters. The van der Waals surface area contributed by atoms with Gasteiger partial charge >= 0.3 is 0 Å². The summed E-state index contributed by atoms with van der Waals surface area (Å²) in [4.78, 5) is 29.0. The molecule has 0 radical (unpaired) electrons. The van der Waals surface area contributed by atoms with Gasteiger partial charge < -0.3 is 15.0 Å². The van der Waals surface area contributed by atoms with Crippen molar-refractivity contribution in [3.05, 3.63) is 41.1 Å². The van der Waals surface area contributed by atoms with Gasteiger partial charge in [-0.1, -0.05) is 6.92 Å². The van der Waals surface area contributed by atoms with E-state index in [1.54, 1.807) is 6.20 Å². The molecule has 2 aromatic rings. The van der Waals surface area contributed by atoms with Gasteiger partial charge in [-0.15, -0.1) is 0 Å². The lowest BCUT2D eigenvalue weighted by Crippen LogP contribution is -2.48. The van der Waals surface area contributed by atoms with E-state index in [0.29, 0.717) is 30.5 Å². The van der Waals surface area contributed by atoms with Crippen LogP contribution in [-0.2, 0) is 0 Å². The Labute approximate surface area is 178 Å². The SMILES string of the molecule is CCCOc1ccc(C)nc1C(=O)N1C[C@@H]2C[C@@H]2C[C@H]1CNc1cnc(C)c(C)n1. The third-order valence-corrected chi connectivity index (χ3v) is 6.15. The predicted molar refractivity (Wildman–Crippen MR) is 116 cm³/mol. The van der Waals surface area contributed by atoms with Crippen LogP contribution in [0.5, 0.6) is 5.75 Å². The maximum Gasteiger partial charge on any atom is 0.276 e. The number of anilines is 1. The minimum absolute atomic E-state index is 0.0341. The fourth-order valence-corrected chi connectivity index (χ4v) is 4.15. The maximum absolute atomic E-state index is 13.5. The standard InChI is InChI=1S/C23H31N5O2/c1-5-8-30-20-7-6-14(2)26-22(20)23(29)28-13-18-9-17(18)10-19(28)11-25-21-12-24-15(3)16(4)27-21/h6-7,12,17-19H,5,8-11,13H2,1-4H3,(H,25,27)/t17-,18+,19+/m1/s1. The lowest BCUT2D eigenvalue weighted by Gasteiger charge is -2.35. The number of piperidine rings is 1. The van der Waals surface area contributed by atoms with Gasteiger partial charge in [0.05, 0.1) is 24.2 Å². The molecule has 2 aliphatic rings. The molecule has 1 saturated carbocycles. The number of pyridine rings is 1. The summed E-state index contributed by atoms with van der Waals surface area (Å²) < 4.78 is 5.84. The number of ether oxygens (including phenoxy) is 1. The average molecular weight is 410 g/mol. The molecule has 1 saturated heterocycles. The number of likely N-dealkylation sites (tertiary alicyclic amines) is 1. The number of aromatic nitrogens is 3. The Morgan fingerprint density at radius 1 is 1.17 bits per heavy atom. The van der Waals surface area contributed by atoms with E-state index in [1.807, 2.05) is 37.8 Å². The van der Waals surface area contributed by atoms with Crippen molar-refractivity contribution >= 4 is 11.7 Å². The number of aryl methyl sites for hydroxylation is 3. The molecule has 1 amide bonds. The molecule has 0 spiro atoms. The van der Waals surface area contributed by atoms with Gasteiger partial charge in [-0.25, -0.2) is 9.97 Å². The van der Waals surface area contributed by atoms with Gasteiger partial charge in [-0.2, -0.15) is 0 Å². The zero-order valence-corrected chi connectivity index (χ0v) is 18.3. The van der Waals surface area contributed by atoms with Crippen LogP contribution in [0.3, 0.4) is 0 Å². The molecule has 7 heteroatoms. The molecule has 4 rings (SSSR count). The number of nitrogens with one attached hydrogen (secondary N) is 1. The Balaban J connectivity index is 1.52. The lowest BCUT2D eigenvalue weighted by molar-refractivity contribution is 0.0605. The van der Waals surface area contributed by atoms with Crippen LogP contribution < -0.4 is 10.1 Å². The first-order valence-corrected chi connectivity index (χ1v) is 10.9. The molecule has 0 bridgehead atoms. The third-order valence-electron chi connectivity index (χ3n) is 6.15. The number of fused-ring (bicyclic) bond motifs is 1. The van der Waals surface area contributed by atoms with E-state index >= 15 is 0 Å². The first-order chi connectivity index (χ1) is 14.5. The number of rotatable bonds is 7. The van der Waals surface area contributed by atoms with Gasteiger partial charge in [-0.3, -0.25) is 9.78 Å². The molecule has 1 N–H and O–H groups in total. The van der Waals surface area contributed by atoms with Crippen LogP contribution in [0, 0.1) is 32.6 Å². The van der Waals surface area contributed by atoms with E-state index in [2.05, 4.69) is 27.2 Å². The number of carbonyl (C=O) groups is 1. The highest BCUT2D eigenvalue weighted by molar-refractivity contribution is 5.95. The van der Waals surface area contributed by atoms with Gasteiger partial charge in [0, 0.05) is 24.8 Å². The highest BCUT2D eigenvalue weighted by Crippen LogP contribution is 2.47. The zero-order chi connectivity index (χ0) is 21.3. The number of nitrogens with zero attached hydrogens (tertiary/aromatic N) is 4. The number of carbonyl (C=O) groups excluding carboxylic acids is 1. The van der Waals surface area contributed by atoms with E-state index in [0.717, 1.165) is 48.2 Å². The van der Waals surface area contributed by atoms with Crippen LogP contribution in [0.25, 0.3) is 0 Å². The molecule has 2 aromatic heterocycles. The minimum atomic E-state index is -0.0341. The predicted octanol–water partition coefficient (Wildman–Crippen LogP) is 3.55. The minimum Gasteiger partial charge on any atom is -0.491 e. The largest absolute Gasteiger partial charge is 0.491 e. The van der Waals surface area contributed by atoms with E-state index < -0.39 is 0 Å². The Morgan fingerprint density at radius 2 is 2.00 bits per heavy atom. The maximum atomic E-state index is 13.5. The van der Waals surface area contributed by atoms with Gasteiger partial charge in [0.15, 0.2) is 11.4 Å². The summed E-state index contributed by atoms with van der Waals surface area (Å²) in [5, 5.41) is 3.40. The number of hydrogen-bond acceptors (Lipinski definition) is 6. The van der Waals surface area contributed by atoms with Gasteiger partial charge in [-0.05, 0) is 64.0 Å².